The summed E-state index contributed by atoms with van der Waals surface area (Å²) in [7, 11) is 0. The molecule has 0 bridgehead atoms. The Morgan fingerprint density at radius 3 is 2.41 bits per heavy atom. The largest absolute Gasteiger partial charge is 0.508 e. The first kappa shape index (κ1) is 29.0. The maximum absolute atomic E-state index is 13.4. The number of benzene rings is 2. The van der Waals surface area contributed by atoms with E-state index in [2.05, 4.69) is 0 Å². The molecular weight excluding hydrogens is 514 g/mol. The number of β-amino-alcohol motifs (C(OH)–C–C–N with tert-alkyl or cyclic N) is 1. The minimum atomic E-state index is -1.78. The number of aryl methyl sites for hydroxylation is 1. The van der Waals surface area contributed by atoms with Gasteiger partial charge in [-0.3, -0.25) is 9.69 Å². The van der Waals surface area contributed by atoms with Crippen molar-refractivity contribution >= 4 is 5.78 Å². The number of rotatable bonds is 9. The average Bonchev–Trinajstić information content (AvgIpc) is 2.91. The maximum atomic E-state index is 13.4. The molecule has 2 aromatic rings. The van der Waals surface area contributed by atoms with Crippen molar-refractivity contribution in [1.82, 2.24) is 4.90 Å². The second-order valence-corrected chi connectivity index (χ2v) is 10.0. The highest BCUT2D eigenvalue weighted by molar-refractivity contribution is 6.02. The summed E-state index contributed by atoms with van der Waals surface area (Å²) < 4.78 is 11.1. The van der Waals surface area contributed by atoms with Crippen molar-refractivity contribution in [2.45, 2.75) is 69.0 Å². The van der Waals surface area contributed by atoms with Crippen LogP contribution < -0.4 is 4.74 Å². The number of nitrogens with zero attached hydrogens (tertiary/aromatic N) is 1. The predicted octanol–water partition coefficient (Wildman–Crippen LogP) is -0.246. The smallest absolute Gasteiger partial charge is 0.229 e. The quantitative estimate of drug-likeness (QED) is 0.191. The van der Waals surface area contributed by atoms with Crippen molar-refractivity contribution in [3.05, 3.63) is 47.0 Å². The number of piperidine rings is 1. The zero-order chi connectivity index (χ0) is 28.3. The van der Waals surface area contributed by atoms with Gasteiger partial charge in [-0.2, -0.15) is 0 Å². The third-order valence-electron chi connectivity index (χ3n) is 7.16. The number of phenols is 3. The Morgan fingerprint density at radius 2 is 1.74 bits per heavy atom. The number of Topliss-reactive ketones (excluding diaryl/α,β-unsaturated/α-hetero) is 1. The third-order valence-corrected chi connectivity index (χ3v) is 7.16. The summed E-state index contributed by atoms with van der Waals surface area (Å²) in [6.07, 6.45) is -7.07. The molecule has 39 heavy (non-hydrogen) atoms. The Balaban J connectivity index is 1.65. The minimum Gasteiger partial charge on any atom is -0.508 e. The van der Waals surface area contributed by atoms with Gasteiger partial charge in [0.2, 0.25) is 6.29 Å². The summed E-state index contributed by atoms with van der Waals surface area (Å²) in [5.41, 5.74) is 0.521. The molecule has 0 spiro atoms. The molecular formula is C27H35NO11. The summed E-state index contributed by atoms with van der Waals surface area (Å²) >= 11 is 0. The molecule has 6 atom stereocenters. The number of carbonyl (C=O) groups excluding carboxylic acids is 1. The molecule has 0 aliphatic carbocycles. The molecule has 12 heteroatoms. The topological polar surface area (TPSA) is 201 Å². The van der Waals surface area contributed by atoms with Crippen LogP contribution in [0.3, 0.4) is 0 Å². The molecule has 2 fully saturated rings. The van der Waals surface area contributed by atoms with E-state index in [1.165, 1.54) is 12.1 Å². The molecule has 1 unspecified atom stereocenters. The van der Waals surface area contributed by atoms with Crippen molar-refractivity contribution in [2.24, 2.45) is 0 Å². The molecule has 0 saturated carbocycles. The molecule has 0 aromatic heterocycles. The second-order valence-electron chi connectivity index (χ2n) is 10.0. The highest BCUT2D eigenvalue weighted by Crippen LogP contribution is 2.41. The van der Waals surface area contributed by atoms with E-state index in [-0.39, 0.29) is 42.0 Å². The van der Waals surface area contributed by atoms with Crippen LogP contribution in [0.1, 0.15) is 40.7 Å². The van der Waals surface area contributed by atoms with Gasteiger partial charge in [-0.15, -0.1) is 0 Å². The SMILES string of the molecule is O=C(CCc1ccc(O)cc1)c1c(O[C@H]2O[C@@H](CO)[C@H](O)[C@@H](O)[C@@H]2O)cc(O)c(CN2CCCC(O)C2)c1O. The van der Waals surface area contributed by atoms with Crippen LogP contribution in [0, 0.1) is 0 Å². The summed E-state index contributed by atoms with van der Waals surface area (Å²) in [6.45, 7) is 0.295. The number of carbonyl (C=O) groups is 1. The first-order valence-corrected chi connectivity index (χ1v) is 12.9. The molecule has 2 heterocycles. The van der Waals surface area contributed by atoms with Gasteiger partial charge in [-0.25, -0.2) is 0 Å². The Morgan fingerprint density at radius 1 is 1.03 bits per heavy atom. The Hall–Kier alpha value is -2.97. The molecule has 4 rings (SSSR count). The van der Waals surface area contributed by atoms with E-state index < -0.39 is 60.7 Å². The Bertz CT molecular complexity index is 1140. The molecule has 0 amide bonds. The van der Waals surface area contributed by atoms with Crippen molar-refractivity contribution in [3.63, 3.8) is 0 Å². The van der Waals surface area contributed by atoms with Gasteiger partial charge in [-0.1, -0.05) is 12.1 Å². The molecule has 2 aliphatic heterocycles. The fourth-order valence-electron chi connectivity index (χ4n) is 4.92. The van der Waals surface area contributed by atoms with Crippen LogP contribution in [0.25, 0.3) is 0 Å². The van der Waals surface area contributed by atoms with E-state index in [1.807, 2.05) is 4.90 Å². The van der Waals surface area contributed by atoms with Crippen LogP contribution in [-0.4, -0.2) is 108 Å². The molecule has 2 aromatic carbocycles. The van der Waals surface area contributed by atoms with Crippen LogP contribution in [0.4, 0.5) is 0 Å². The number of phenolic OH excluding ortho intramolecular Hbond substituents is 3. The van der Waals surface area contributed by atoms with Gasteiger partial charge < -0.3 is 50.3 Å². The van der Waals surface area contributed by atoms with Crippen LogP contribution >= 0.6 is 0 Å². The lowest BCUT2D eigenvalue weighted by Crippen LogP contribution is -2.60. The number of hydrogen-bond donors (Lipinski definition) is 8. The second kappa shape index (κ2) is 12.5. The van der Waals surface area contributed by atoms with E-state index in [1.54, 1.807) is 12.1 Å². The van der Waals surface area contributed by atoms with Crippen molar-refractivity contribution < 1.29 is 55.1 Å². The molecule has 2 saturated heterocycles. The Labute approximate surface area is 224 Å². The zero-order valence-electron chi connectivity index (χ0n) is 21.3. The molecule has 214 valence electrons. The molecule has 2 aliphatic rings. The monoisotopic (exact) mass is 549 g/mol. The standard InChI is InChI=1S/C27H35NO11/c29-13-21-24(35)25(36)26(37)27(39-21)38-20-10-19(33)17(12-28-9-1-2-16(31)11-28)23(34)22(20)18(32)8-5-14-3-6-15(30)7-4-14/h3-4,6-7,10,16,21,24-27,29-31,33-37H,1-2,5,8-9,11-13H2/t16?,21-,24-,25+,26-,27-/m0/s1. The van der Waals surface area contributed by atoms with Crippen LogP contribution in [0.2, 0.25) is 0 Å². The lowest BCUT2D eigenvalue weighted by Gasteiger charge is -2.39. The van der Waals surface area contributed by atoms with Crippen molar-refractivity contribution in [1.29, 1.82) is 0 Å². The summed E-state index contributed by atoms with van der Waals surface area (Å²) in [5, 5.41) is 81.6. The average molecular weight is 550 g/mol. The first-order valence-electron chi connectivity index (χ1n) is 12.9. The van der Waals surface area contributed by atoms with Crippen LogP contribution in [0.15, 0.2) is 30.3 Å². The normalized spacial score (nSPS) is 27.8. The maximum Gasteiger partial charge on any atom is 0.229 e. The summed E-state index contributed by atoms with van der Waals surface area (Å²) in [4.78, 5) is 15.3. The number of aliphatic hydroxyl groups excluding tert-OH is 5. The number of aliphatic hydroxyl groups is 5. The van der Waals surface area contributed by atoms with Crippen molar-refractivity contribution in [3.8, 4) is 23.0 Å². The van der Waals surface area contributed by atoms with Gasteiger partial charge in [0.1, 0.15) is 53.0 Å². The molecule has 0 radical (unpaired) electrons. The Kier molecular flexibility index (Phi) is 9.28. The van der Waals surface area contributed by atoms with Crippen LogP contribution in [-0.2, 0) is 17.7 Å². The number of aromatic hydroxyl groups is 3. The van der Waals surface area contributed by atoms with E-state index in [0.29, 0.717) is 19.5 Å². The lowest BCUT2D eigenvalue weighted by atomic mass is 9.96. The van der Waals surface area contributed by atoms with Gasteiger partial charge >= 0.3 is 0 Å². The third kappa shape index (κ3) is 6.61. The number of likely N-dealkylation sites (tertiary alicyclic amines) is 1. The number of ketones is 1. The van der Waals surface area contributed by atoms with E-state index >= 15 is 0 Å². The van der Waals surface area contributed by atoms with E-state index in [0.717, 1.165) is 18.1 Å². The molecule has 12 nitrogen and oxygen atoms in total. The minimum absolute atomic E-state index is 0.0489. The highest BCUT2D eigenvalue weighted by atomic mass is 16.7. The summed E-state index contributed by atoms with van der Waals surface area (Å²) in [6, 6.07) is 7.37. The van der Waals surface area contributed by atoms with E-state index in [4.69, 9.17) is 9.47 Å². The van der Waals surface area contributed by atoms with E-state index in [9.17, 15) is 45.6 Å². The number of hydrogen-bond acceptors (Lipinski definition) is 12. The summed E-state index contributed by atoms with van der Waals surface area (Å²) in [5.74, 6) is -1.75. The zero-order valence-corrected chi connectivity index (χ0v) is 21.3. The van der Waals surface area contributed by atoms with Gasteiger partial charge in [0, 0.05) is 25.6 Å². The number of ether oxygens (including phenoxy) is 2. The first-order chi connectivity index (χ1) is 18.6. The predicted molar refractivity (Wildman–Crippen MR) is 135 cm³/mol. The van der Waals surface area contributed by atoms with Gasteiger partial charge in [-0.05, 0) is 43.5 Å². The van der Waals surface area contributed by atoms with Gasteiger partial charge in [0.15, 0.2) is 5.78 Å². The fraction of sp³-hybridized carbons (Fsp3) is 0.519. The van der Waals surface area contributed by atoms with Gasteiger partial charge in [0.05, 0.1) is 18.3 Å². The van der Waals surface area contributed by atoms with Crippen LogP contribution in [0.5, 0.6) is 23.0 Å². The highest BCUT2D eigenvalue weighted by Gasteiger charge is 2.45. The van der Waals surface area contributed by atoms with Gasteiger partial charge in [0.25, 0.3) is 0 Å². The molecule has 8 N–H and O–H groups in total. The van der Waals surface area contributed by atoms with Crippen molar-refractivity contribution in [2.75, 3.05) is 19.7 Å². The fourth-order valence-corrected chi connectivity index (χ4v) is 4.92. The lowest BCUT2D eigenvalue weighted by molar-refractivity contribution is -0.277.